The van der Waals surface area contributed by atoms with Crippen LogP contribution < -0.4 is 20.6 Å². The van der Waals surface area contributed by atoms with Crippen molar-refractivity contribution in [2.24, 2.45) is 0 Å². The number of carbonyl (C=O) groups is 6. The Bertz CT molecular complexity index is 2110. The normalized spacial score (nSPS) is 15.9. The van der Waals surface area contributed by atoms with E-state index in [0.717, 1.165) is 17.0 Å². The lowest BCUT2D eigenvalue weighted by Crippen LogP contribution is -2.60. The van der Waals surface area contributed by atoms with Gasteiger partial charge >= 0.3 is 30.9 Å². The fourth-order valence-electron chi connectivity index (χ4n) is 5.70. The molecule has 0 aliphatic carbocycles. The van der Waals surface area contributed by atoms with Crippen molar-refractivity contribution in [1.82, 2.24) is 25.8 Å². The summed E-state index contributed by atoms with van der Waals surface area (Å²) >= 11 is 6.10. The lowest BCUT2D eigenvalue weighted by atomic mass is 9.72. The maximum absolute atomic E-state index is 14.6. The topological polar surface area (TPSA) is 255 Å². The van der Waals surface area contributed by atoms with Gasteiger partial charge in [0.1, 0.15) is 23.2 Å². The number of phenolic OH excluding ortho intramolecular Hbond substituents is 3. The first-order chi connectivity index (χ1) is 25.9. The van der Waals surface area contributed by atoms with E-state index in [2.05, 4.69) is 16.0 Å². The summed E-state index contributed by atoms with van der Waals surface area (Å²) in [6, 6.07) is 0.134. The predicted octanol–water partition coefficient (Wildman–Crippen LogP) is 1.09. The van der Waals surface area contributed by atoms with Crippen LogP contribution in [0.5, 0.6) is 23.0 Å². The summed E-state index contributed by atoms with van der Waals surface area (Å²) in [5, 5.41) is 55.1. The molecule has 0 radical (unpaired) electrons. The molecule has 8 N–H and O–H groups in total. The van der Waals surface area contributed by atoms with Gasteiger partial charge < -0.3 is 51.0 Å². The van der Waals surface area contributed by atoms with Gasteiger partial charge in [0, 0.05) is 37.3 Å². The van der Waals surface area contributed by atoms with E-state index in [1.54, 1.807) is 0 Å². The summed E-state index contributed by atoms with van der Waals surface area (Å²) < 4.78 is 61.1. The number of fused-ring (bicyclic) bond motifs is 1. The van der Waals surface area contributed by atoms with Crippen molar-refractivity contribution < 1.29 is 76.4 Å². The molecule has 3 aromatic carbocycles. The van der Waals surface area contributed by atoms with Crippen LogP contribution in [-0.2, 0) is 20.8 Å². The van der Waals surface area contributed by atoms with Gasteiger partial charge in [-0.15, -0.1) is 0 Å². The van der Waals surface area contributed by atoms with Crippen LogP contribution in [0.2, 0.25) is 5.02 Å². The molecule has 0 unspecified atom stereocenters. The van der Waals surface area contributed by atoms with Crippen molar-refractivity contribution in [3.8, 4) is 23.0 Å². The summed E-state index contributed by atoms with van der Waals surface area (Å²) in [4.78, 5) is 78.2. The minimum Gasteiger partial charge on any atom is -0.534 e. The van der Waals surface area contributed by atoms with Gasteiger partial charge in [-0.3, -0.25) is 24.1 Å². The van der Waals surface area contributed by atoms with Crippen LogP contribution in [0, 0.1) is 23.3 Å². The van der Waals surface area contributed by atoms with Crippen molar-refractivity contribution in [2.75, 3.05) is 26.2 Å². The van der Waals surface area contributed by atoms with Crippen LogP contribution in [0.25, 0.3) is 0 Å². The molecule has 2 heterocycles. The third-order valence-electron chi connectivity index (χ3n) is 8.51. The minimum atomic E-state index is -2.11. The first kappa shape index (κ1) is 39.9. The molecule has 55 heavy (non-hydrogen) atoms. The number of nitrogens with zero attached hydrogens (tertiary/aromatic N) is 2. The average molecular weight is 796 g/mol. The van der Waals surface area contributed by atoms with E-state index in [9.17, 15) is 71.8 Å². The number of hydrogen-bond donors (Lipinski definition) is 8. The summed E-state index contributed by atoms with van der Waals surface area (Å²) in [7, 11) is -2.01. The molecule has 2 aliphatic heterocycles. The summed E-state index contributed by atoms with van der Waals surface area (Å²) in [5.41, 5.74) is -1.95. The van der Waals surface area contributed by atoms with Gasteiger partial charge in [-0.2, -0.15) is 0 Å². The Morgan fingerprint density at radius 2 is 1.58 bits per heavy atom. The Labute approximate surface area is 311 Å². The minimum absolute atomic E-state index is 0.0322. The number of piperazine rings is 1. The zero-order valence-corrected chi connectivity index (χ0v) is 28.5. The zero-order chi connectivity index (χ0) is 40.5. The van der Waals surface area contributed by atoms with E-state index >= 15 is 0 Å². The second-order valence-electron chi connectivity index (χ2n) is 12.0. The number of nitrogens with one attached hydrogen (secondary N) is 3. The number of amides is 6. The number of benzene rings is 3. The molecular weight excluding hydrogens is 769 g/mol. The third-order valence-corrected chi connectivity index (χ3v) is 8.91. The van der Waals surface area contributed by atoms with Crippen LogP contribution in [-0.4, -0.2) is 110 Å². The van der Waals surface area contributed by atoms with Gasteiger partial charge in [0.05, 0.1) is 11.0 Å². The van der Waals surface area contributed by atoms with Crippen LogP contribution in [0.15, 0.2) is 30.3 Å². The van der Waals surface area contributed by atoms with Gasteiger partial charge in [0.2, 0.25) is 5.91 Å². The van der Waals surface area contributed by atoms with E-state index in [-0.39, 0.29) is 38.0 Å². The molecule has 0 bridgehead atoms. The molecule has 290 valence electrons. The number of aromatic carboxylic acids is 1. The lowest BCUT2D eigenvalue weighted by Gasteiger charge is -2.34. The highest BCUT2D eigenvalue weighted by atomic mass is 35.5. The maximum atomic E-state index is 14.6. The number of carboxylic acid groups (broad SMARTS) is 1. The first-order valence-electron chi connectivity index (χ1n) is 15.9. The Morgan fingerprint density at radius 1 is 0.927 bits per heavy atom. The predicted molar refractivity (Wildman–Crippen MR) is 177 cm³/mol. The van der Waals surface area contributed by atoms with Crippen LogP contribution in [0.4, 0.5) is 22.4 Å². The number of halogens is 5. The first-order valence-corrected chi connectivity index (χ1v) is 16.3. The number of imide groups is 1. The van der Waals surface area contributed by atoms with Crippen molar-refractivity contribution in [1.29, 1.82) is 0 Å². The van der Waals surface area contributed by atoms with Gasteiger partial charge in [-0.25, -0.2) is 27.2 Å². The Hall–Kier alpha value is -6.29. The molecule has 2 aliphatic rings. The largest absolute Gasteiger partial charge is 0.547 e. The molecule has 0 saturated carbocycles. The van der Waals surface area contributed by atoms with Gasteiger partial charge in [0.25, 0.3) is 5.91 Å². The number of phenols is 3. The highest BCUT2D eigenvalue weighted by molar-refractivity contribution is 6.47. The van der Waals surface area contributed by atoms with E-state index in [1.165, 1.54) is 0 Å². The van der Waals surface area contributed by atoms with Crippen molar-refractivity contribution in [3.63, 3.8) is 0 Å². The van der Waals surface area contributed by atoms with E-state index in [0.29, 0.717) is 23.1 Å². The van der Waals surface area contributed by atoms with Crippen molar-refractivity contribution in [3.05, 3.63) is 80.9 Å². The second-order valence-corrected chi connectivity index (χ2v) is 12.4. The Kier molecular flexibility index (Phi) is 11.6. The van der Waals surface area contributed by atoms with E-state index in [1.807, 2.05) is 0 Å². The fourth-order valence-corrected chi connectivity index (χ4v) is 5.95. The van der Waals surface area contributed by atoms with E-state index < -0.39 is 129 Å². The molecule has 0 spiro atoms. The average Bonchev–Trinajstić information content (AvgIpc) is 3.13. The molecule has 3 aromatic rings. The van der Waals surface area contributed by atoms with Crippen LogP contribution >= 0.6 is 11.6 Å². The van der Waals surface area contributed by atoms with Crippen LogP contribution in [0.3, 0.4) is 0 Å². The number of urea groups is 1. The Morgan fingerprint density at radius 3 is 2.24 bits per heavy atom. The number of carboxylic acids is 1. The zero-order valence-electron chi connectivity index (χ0n) is 27.7. The third kappa shape index (κ3) is 8.14. The number of hydrogen-bond acceptors (Lipinski definition) is 11. The van der Waals surface area contributed by atoms with Gasteiger partial charge in [-0.1, -0.05) is 17.7 Å². The molecule has 1 fully saturated rings. The van der Waals surface area contributed by atoms with E-state index in [4.69, 9.17) is 16.3 Å². The molecule has 2 atom stereocenters. The van der Waals surface area contributed by atoms with Gasteiger partial charge in [-0.05, 0) is 42.7 Å². The number of rotatable bonds is 10. The molecule has 1 saturated heterocycles. The van der Waals surface area contributed by atoms with Gasteiger partial charge in [0.15, 0.2) is 34.7 Å². The SMILES string of the molecule is O=C(NCCCN1CCN(C(=O)N[C@@H](C(=O)N[C@H]2Cc3ccc(F)c(C(=O)O)c3OB2O)c2cc(F)c(O)c(O)c2Cl)C(=O)C1=O)c1cc(F)c(O)c(F)c1. The Balaban J connectivity index is 1.27. The number of aromatic hydroxyl groups is 3. The molecule has 5 rings (SSSR count). The summed E-state index contributed by atoms with van der Waals surface area (Å²) in [6.07, 6.45) is -0.330. The molecule has 0 aromatic heterocycles. The summed E-state index contributed by atoms with van der Waals surface area (Å²) in [6.45, 7) is -0.986. The molecule has 17 nitrogen and oxygen atoms in total. The molecule has 23 heteroatoms. The standard InChI is InChI=1S/C32H27BClF4N5O12/c34-21-14(11-18(38)24(45)25(21)46)22(28(48)40-19-10-12-2-3-15(35)20(31(51)52)26(12)55-33(19)54)41-32(53)43-7-6-42(29(49)30(43)50)5-1-4-39-27(47)13-8-16(36)23(44)17(37)9-13/h2-3,8-9,11,19,22,44-46,54H,1,4-7,10H2,(H,39,47)(H,40,48)(H,41,53)(H,51,52)/t19-,22+/m0/s1. The van der Waals surface area contributed by atoms with Crippen LogP contribution in [0.1, 0.15) is 44.3 Å². The smallest absolute Gasteiger partial charge is 0.534 e. The molecular formula is C32H27BClF4N5O12. The lowest BCUT2D eigenvalue weighted by molar-refractivity contribution is -0.153. The fraction of sp³-hybridized carbons (Fsp3) is 0.250. The maximum Gasteiger partial charge on any atom is 0.547 e. The monoisotopic (exact) mass is 795 g/mol. The highest BCUT2D eigenvalue weighted by Crippen LogP contribution is 2.41. The second kappa shape index (κ2) is 16.0. The number of carbonyl (C=O) groups excluding carboxylic acids is 5. The molecule has 6 amide bonds. The van der Waals surface area contributed by atoms with Crippen molar-refractivity contribution in [2.45, 2.75) is 24.8 Å². The summed E-state index contributed by atoms with van der Waals surface area (Å²) in [5.74, 6) is -17.6. The highest BCUT2D eigenvalue weighted by Gasteiger charge is 2.42. The quantitative estimate of drug-likeness (QED) is 0.0472. The van der Waals surface area contributed by atoms with Crippen molar-refractivity contribution >= 4 is 54.3 Å².